The molecule has 1 N–H and O–H groups in total. The van der Waals surface area contributed by atoms with Crippen molar-refractivity contribution >= 4 is 33.7 Å². The van der Waals surface area contributed by atoms with Crippen molar-refractivity contribution in [2.75, 3.05) is 19.0 Å². The molecule has 94 valence electrons. The fourth-order valence-electron chi connectivity index (χ4n) is 1.45. The SMILES string of the molecule is CN(C)c1oc(C=Nc2ccccc2O)cc1Br. The van der Waals surface area contributed by atoms with Crippen molar-refractivity contribution in [3.8, 4) is 5.75 Å². The highest BCUT2D eigenvalue weighted by Crippen LogP contribution is 2.29. The van der Waals surface area contributed by atoms with Gasteiger partial charge in [-0.3, -0.25) is 0 Å². The highest BCUT2D eigenvalue weighted by molar-refractivity contribution is 9.10. The minimum absolute atomic E-state index is 0.146. The number of nitrogens with zero attached hydrogens (tertiary/aromatic N) is 2. The Morgan fingerprint density at radius 2 is 2.06 bits per heavy atom. The van der Waals surface area contributed by atoms with Crippen LogP contribution in [0.3, 0.4) is 0 Å². The maximum Gasteiger partial charge on any atom is 0.210 e. The van der Waals surface area contributed by atoms with Gasteiger partial charge in [0.2, 0.25) is 5.88 Å². The molecule has 0 amide bonds. The fraction of sp³-hybridized carbons (Fsp3) is 0.154. The maximum atomic E-state index is 9.57. The predicted octanol–water partition coefficient (Wildman–Crippen LogP) is 3.56. The molecule has 1 heterocycles. The Morgan fingerprint density at radius 1 is 1.33 bits per heavy atom. The van der Waals surface area contributed by atoms with Crippen LogP contribution in [-0.2, 0) is 0 Å². The van der Waals surface area contributed by atoms with Crippen LogP contribution in [0.5, 0.6) is 5.75 Å². The van der Waals surface area contributed by atoms with Gasteiger partial charge < -0.3 is 14.4 Å². The van der Waals surface area contributed by atoms with Gasteiger partial charge in [-0.05, 0) is 28.1 Å². The number of hydrogen-bond acceptors (Lipinski definition) is 4. The van der Waals surface area contributed by atoms with Crippen molar-refractivity contribution in [3.63, 3.8) is 0 Å². The van der Waals surface area contributed by atoms with Crippen molar-refractivity contribution in [1.29, 1.82) is 0 Å². The van der Waals surface area contributed by atoms with Gasteiger partial charge >= 0.3 is 0 Å². The Morgan fingerprint density at radius 3 is 2.67 bits per heavy atom. The van der Waals surface area contributed by atoms with Gasteiger partial charge in [0.05, 0.1) is 10.7 Å². The molecular weight excluding hydrogens is 296 g/mol. The van der Waals surface area contributed by atoms with Gasteiger partial charge in [-0.2, -0.15) is 0 Å². The van der Waals surface area contributed by atoms with E-state index in [1.54, 1.807) is 24.4 Å². The lowest BCUT2D eigenvalue weighted by Crippen LogP contribution is -2.07. The number of aliphatic imine (C=N–C) groups is 1. The first kappa shape index (κ1) is 12.7. The highest BCUT2D eigenvalue weighted by atomic mass is 79.9. The lowest BCUT2D eigenvalue weighted by molar-refractivity contribution is 0.477. The molecule has 0 fully saturated rings. The summed E-state index contributed by atoms with van der Waals surface area (Å²) in [5, 5.41) is 9.57. The van der Waals surface area contributed by atoms with Gasteiger partial charge in [0, 0.05) is 20.2 Å². The third-order valence-electron chi connectivity index (χ3n) is 2.31. The number of benzene rings is 1. The molecule has 0 aliphatic rings. The minimum atomic E-state index is 0.146. The van der Waals surface area contributed by atoms with E-state index in [4.69, 9.17) is 4.42 Å². The number of para-hydroxylation sites is 2. The van der Waals surface area contributed by atoms with E-state index < -0.39 is 0 Å². The Kier molecular flexibility index (Phi) is 3.72. The van der Waals surface area contributed by atoms with Gasteiger partial charge in [0.15, 0.2) is 0 Å². The molecule has 0 aliphatic heterocycles. The van der Waals surface area contributed by atoms with Gasteiger partial charge in [0.1, 0.15) is 17.2 Å². The topological polar surface area (TPSA) is 49.0 Å². The molecule has 1 aromatic carbocycles. The van der Waals surface area contributed by atoms with Crippen LogP contribution in [0, 0.1) is 0 Å². The second kappa shape index (κ2) is 5.27. The lowest BCUT2D eigenvalue weighted by Gasteiger charge is -2.07. The molecule has 0 bridgehead atoms. The predicted molar refractivity (Wildman–Crippen MR) is 76.1 cm³/mol. The summed E-state index contributed by atoms with van der Waals surface area (Å²) in [6.45, 7) is 0. The van der Waals surface area contributed by atoms with E-state index in [9.17, 15) is 5.11 Å². The summed E-state index contributed by atoms with van der Waals surface area (Å²) >= 11 is 3.41. The minimum Gasteiger partial charge on any atom is -0.506 e. The summed E-state index contributed by atoms with van der Waals surface area (Å²) in [4.78, 5) is 6.04. The van der Waals surface area contributed by atoms with E-state index in [0.717, 1.165) is 10.4 Å². The quantitative estimate of drug-likeness (QED) is 0.882. The monoisotopic (exact) mass is 308 g/mol. The smallest absolute Gasteiger partial charge is 0.210 e. The summed E-state index contributed by atoms with van der Waals surface area (Å²) in [7, 11) is 3.79. The van der Waals surface area contributed by atoms with Crippen LogP contribution in [0.2, 0.25) is 0 Å². The fourth-order valence-corrected chi connectivity index (χ4v) is 2.11. The van der Waals surface area contributed by atoms with Crippen LogP contribution in [0.15, 0.2) is 44.2 Å². The molecule has 0 spiro atoms. The van der Waals surface area contributed by atoms with Gasteiger partial charge in [-0.1, -0.05) is 12.1 Å². The van der Waals surface area contributed by atoms with Crippen LogP contribution >= 0.6 is 15.9 Å². The van der Waals surface area contributed by atoms with E-state index in [0.29, 0.717) is 11.4 Å². The molecule has 0 unspecified atom stereocenters. The van der Waals surface area contributed by atoms with E-state index in [1.165, 1.54) is 0 Å². The van der Waals surface area contributed by atoms with Crippen LogP contribution in [0.4, 0.5) is 11.6 Å². The van der Waals surface area contributed by atoms with E-state index in [1.807, 2.05) is 31.1 Å². The van der Waals surface area contributed by atoms with Crippen LogP contribution in [-0.4, -0.2) is 25.4 Å². The molecule has 0 aliphatic carbocycles. The van der Waals surface area contributed by atoms with Gasteiger partial charge in [0.25, 0.3) is 0 Å². The Balaban J connectivity index is 2.24. The Bertz CT molecular complexity index is 576. The second-order valence-corrected chi connectivity index (χ2v) is 4.80. The van der Waals surface area contributed by atoms with E-state index in [2.05, 4.69) is 20.9 Å². The molecule has 0 saturated heterocycles. The summed E-state index contributed by atoms with van der Waals surface area (Å²) in [5.74, 6) is 1.50. The number of phenols is 1. The molecule has 1 aromatic heterocycles. The number of hydrogen-bond donors (Lipinski definition) is 1. The number of aromatic hydroxyl groups is 1. The number of phenolic OH excluding ortho intramolecular Hbond substituents is 1. The highest BCUT2D eigenvalue weighted by Gasteiger charge is 2.09. The third-order valence-corrected chi connectivity index (χ3v) is 2.87. The third kappa shape index (κ3) is 2.73. The lowest BCUT2D eigenvalue weighted by atomic mass is 10.3. The molecule has 2 aromatic rings. The maximum absolute atomic E-state index is 9.57. The number of furan rings is 1. The van der Waals surface area contributed by atoms with Crippen molar-refractivity contribution in [3.05, 3.63) is 40.6 Å². The molecule has 4 nitrogen and oxygen atoms in total. The summed E-state index contributed by atoms with van der Waals surface area (Å²) in [6, 6.07) is 8.73. The first-order valence-electron chi connectivity index (χ1n) is 5.36. The largest absolute Gasteiger partial charge is 0.506 e. The van der Waals surface area contributed by atoms with Crippen molar-refractivity contribution in [1.82, 2.24) is 0 Å². The Hall–Kier alpha value is -1.75. The van der Waals surface area contributed by atoms with Gasteiger partial charge in [-0.15, -0.1) is 0 Å². The molecule has 2 rings (SSSR count). The molecule has 0 radical (unpaired) electrons. The number of halogens is 1. The number of anilines is 1. The summed E-state index contributed by atoms with van der Waals surface area (Å²) in [6.07, 6.45) is 1.58. The van der Waals surface area contributed by atoms with Crippen molar-refractivity contribution in [2.45, 2.75) is 0 Å². The molecule has 0 atom stereocenters. The average molecular weight is 309 g/mol. The van der Waals surface area contributed by atoms with Crippen LogP contribution < -0.4 is 4.90 Å². The average Bonchev–Trinajstić information content (AvgIpc) is 2.70. The van der Waals surface area contributed by atoms with Gasteiger partial charge in [-0.25, -0.2) is 4.99 Å². The molecule has 0 saturated carbocycles. The number of rotatable bonds is 3. The zero-order valence-corrected chi connectivity index (χ0v) is 11.7. The van der Waals surface area contributed by atoms with E-state index in [-0.39, 0.29) is 5.75 Å². The first-order chi connectivity index (χ1) is 8.58. The van der Waals surface area contributed by atoms with Crippen molar-refractivity contribution < 1.29 is 9.52 Å². The zero-order valence-electron chi connectivity index (χ0n) is 10.1. The molecule has 5 heteroatoms. The standard InChI is InChI=1S/C13H13BrN2O2/c1-16(2)13-10(14)7-9(18-13)8-15-11-5-3-4-6-12(11)17/h3-8,17H,1-2H3. The Labute approximate surface area is 114 Å². The van der Waals surface area contributed by atoms with Crippen molar-refractivity contribution in [2.24, 2.45) is 4.99 Å². The molecular formula is C13H13BrN2O2. The first-order valence-corrected chi connectivity index (χ1v) is 6.16. The van der Waals surface area contributed by atoms with Crippen LogP contribution in [0.25, 0.3) is 0 Å². The molecule has 18 heavy (non-hydrogen) atoms. The summed E-state index contributed by atoms with van der Waals surface area (Å²) in [5.41, 5.74) is 0.511. The normalized spacial score (nSPS) is 11.1. The van der Waals surface area contributed by atoms with E-state index >= 15 is 0 Å². The summed E-state index contributed by atoms with van der Waals surface area (Å²) < 4.78 is 6.45. The van der Waals surface area contributed by atoms with Crippen LogP contribution in [0.1, 0.15) is 5.76 Å². The zero-order chi connectivity index (χ0) is 13.1. The second-order valence-electron chi connectivity index (χ2n) is 3.94.